The van der Waals surface area contributed by atoms with Gasteiger partial charge in [0, 0.05) is 36.5 Å². The number of phenols is 1. The molecule has 216 valence electrons. The minimum atomic E-state index is -1.82. The molecule has 0 saturated carbocycles. The second-order valence-corrected chi connectivity index (χ2v) is 9.23. The maximum atomic E-state index is 12.5. The topological polar surface area (TPSA) is 187 Å². The molecule has 2 aromatic carbocycles. The molecule has 0 fully saturated rings. The van der Waals surface area contributed by atoms with E-state index in [0.717, 1.165) is 25.3 Å². The molecule has 0 unspecified atom stereocenters. The number of pyridine rings is 1. The van der Waals surface area contributed by atoms with E-state index in [1.807, 2.05) is 0 Å². The predicted molar refractivity (Wildman–Crippen MR) is 161 cm³/mol. The van der Waals surface area contributed by atoms with E-state index in [0.29, 0.717) is 16.7 Å². The van der Waals surface area contributed by atoms with E-state index in [9.17, 15) is 29.5 Å². The summed E-state index contributed by atoms with van der Waals surface area (Å²) < 4.78 is 5.41. The van der Waals surface area contributed by atoms with E-state index in [2.05, 4.69) is 44.8 Å². The normalized spacial score (nSPS) is 11.0. The Bertz CT molecular complexity index is 1840. The molecule has 2 amide bonds. The van der Waals surface area contributed by atoms with E-state index in [-0.39, 0.29) is 33.5 Å². The summed E-state index contributed by atoms with van der Waals surface area (Å²) in [5, 5.41) is 37.0. The zero-order valence-corrected chi connectivity index (χ0v) is 22.9. The minimum absolute atomic E-state index is 0.0299. The lowest BCUT2D eigenvalue weighted by molar-refractivity contribution is 0.0926. The number of hydrazone groups is 2. The fourth-order valence-electron chi connectivity index (χ4n) is 3.77. The number of aromatic hydroxyl groups is 1. The van der Waals surface area contributed by atoms with Gasteiger partial charge in [-0.2, -0.15) is 10.2 Å². The highest BCUT2D eigenvalue weighted by Gasteiger charge is 2.14. The molecule has 0 radical (unpaired) electrons. The molecule has 4 rings (SSSR count). The van der Waals surface area contributed by atoms with Gasteiger partial charge in [0.25, 0.3) is 5.91 Å². The maximum absolute atomic E-state index is 12.5. The number of unbranched alkanes of at least 4 members (excludes halogenated alkanes) is 2. The molecular formula is C30H26BN5O7. The standard InChI is InChI=1S/C30H26BN5O7/c1-2-3-4-5-6-19-10-22(18-32-15-19)29(39)35-33-16-20-9-21(12-23(11-20)31(41)42)17-34-36-30(40)28-14-26(38)25-8-7-24(37)13-27(25)43-28/h7-18,37,41-42H,2-4H2,1H3,(H,35,39)(H,36,40)/b33-16+,34-17+. The van der Waals surface area contributed by atoms with Crippen LogP contribution in [-0.2, 0) is 0 Å². The summed E-state index contributed by atoms with van der Waals surface area (Å²) in [6.07, 6.45) is 8.26. The largest absolute Gasteiger partial charge is 0.508 e. The Balaban J connectivity index is 1.44. The number of hydrogen-bond donors (Lipinski definition) is 5. The molecule has 0 aliphatic heterocycles. The molecule has 13 heteroatoms. The van der Waals surface area contributed by atoms with Gasteiger partial charge in [0.15, 0.2) is 11.2 Å². The zero-order valence-electron chi connectivity index (χ0n) is 22.9. The summed E-state index contributed by atoms with van der Waals surface area (Å²) in [6.45, 7) is 2.08. The van der Waals surface area contributed by atoms with Crippen LogP contribution in [0, 0.1) is 11.8 Å². The average molecular weight is 579 g/mol. The van der Waals surface area contributed by atoms with Gasteiger partial charge in [0.05, 0.1) is 23.4 Å². The van der Waals surface area contributed by atoms with Crippen molar-refractivity contribution in [2.24, 2.45) is 10.2 Å². The van der Waals surface area contributed by atoms with Gasteiger partial charge in [-0.05, 0) is 47.3 Å². The molecule has 2 heterocycles. The molecule has 0 aliphatic rings. The molecule has 0 aliphatic carbocycles. The Kier molecular flexibility index (Phi) is 10.1. The Morgan fingerprint density at radius 2 is 1.72 bits per heavy atom. The highest BCUT2D eigenvalue weighted by molar-refractivity contribution is 6.58. The van der Waals surface area contributed by atoms with Crippen LogP contribution in [0.5, 0.6) is 5.75 Å². The molecule has 0 saturated heterocycles. The number of nitrogens with zero attached hydrogens (tertiary/aromatic N) is 3. The molecule has 2 aromatic heterocycles. The molecule has 0 atom stereocenters. The first-order chi connectivity index (χ1) is 20.7. The lowest BCUT2D eigenvalue weighted by Gasteiger charge is -2.05. The van der Waals surface area contributed by atoms with Crippen molar-refractivity contribution in [2.45, 2.75) is 26.2 Å². The third-order valence-electron chi connectivity index (χ3n) is 5.88. The van der Waals surface area contributed by atoms with Crippen LogP contribution >= 0.6 is 0 Å². The molecule has 5 N–H and O–H groups in total. The van der Waals surface area contributed by atoms with E-state index < -0.39 is 24.4 Å². The second-order valence-electron chi connectivity index (χ2n) is 9.23. The SMILES string of the molecule is CCCCC#Cc1cncc(C(=O)N/N=C/c2cc(/C=N/NC(=O)c3cc(=O)c4ccc(O)cc4o3)cc(B(O)O)c2)c1. The van der Waals surface area contributed by atoms with Crippen molar-refractivity contribution >= 4 is 47.8 Å². The quantitative estimate of drug-likeness (QED) is 0.0651. The first kappa shape index (κ1) is 30.4. The van der Waals surface area contributed by atoms with Crippen LogP contribution < -0.4 is 21.7 Å². The Morgan fingerprint density at radius 3 is 2.42 bits per heavy atom. The number of carbonyl (C=O) groups excluding carboxylic acids is 2. The highest BCUT2D eigenvalue weighted by Crippen LogP contribution is 2.18. The third kappa shape index (κ3) is 8.46. The van der Waals surface area contributed by atoms with Crippen molar-refractivity contribution in [2.75, 3.05) is 0 Å². The molecular weight excluding hydrogens is 553 g/mol. The van der Waals surface area contributed by atoms with Crippen molar-refractivity contribution in [1.29, 1.82) is 0 Å². The fourth-order valence-corrected chi connectivity index (χ4v) is 3.77. The van der Waals surface area contributed by atoms with Crippen LogP contribution in [0.2, 0.25) is 0 Å². The van der Waals surface area contributed by atoms with Crippen molar-refractivity contribution < 1.29 is 29.2 Å². The van der Waals surface area contributed by atoms with Crippen molar-refractivity contribution in [3.63, 3.8) is 0 Å². The van der Waals surface area contributed by atoms with Gasteiger partial charge in [-0.3, -0.25) is 19.4 Å². The van der Waals surface area contributed by atoms with Crippen LogP contribution in [0.15, 0.2) is 80.3 Å². The van der Waals surface area contributed by atoms with E-state index in [1.165, 1.54) is 49.0 Å². The number of fused-ring (bicyclic) bond motifs is 1. The lowest BCUT2D eigenvalue weighted by Crippen LogP contribution is -2.30. The first-order valence-electron chi connectivity index (χ1n) is 13.1. The summed E-state index contributed by atoms with van der Waals surface area (Å²) in [4.78, 5) is 41.4. The Morgan fingerprint density at radius 1 is 1.00 bits per heavy atom. The van der Waals surface area contributed by atoms with Gasteiger partial charge < -0.3 is 19.6 Å². The van der Waals surface area contributed by atoms with Crippen LogP contribution in [0.25, 0.3) is 11.0 Å². The molecule has 4 aromatic rings. The van der Waals surface area contributed by atoms with Crippen LogP contribution in [0.4, 0.5) is 0 Å². The van der Waals surface area contributed by atoms with Gasteiger partial charge in [-0.1, -0.05) is 37.3 Å². The zero-order chi connectivity index (χ0) is 30.8. The number of nitrogens with one attached hydrogen (secondary N) is 2. The molecule has 0 spiro atoms. The lowest BCUT2D eigenvalue weighted by atomic mass is 9.79. The average Bonchev–Trinajstić information content (AvgIpc) is 2.99. The Hall–Kier alpha value is -5.58. The van der Waals surface area contributed by atoms with Crippen LogP contribution in [0.1, 0.15) is 63.8 Å². The van der Waals surface area contributed by atoms with Gasteiger partial charge in [-0.25, -0.2) is 10.9 Å². The summed E-state index contributed by atoms with van der Waals surface area (Å²) in [5.74, 6) is 4.22. The van der Waals surface area contributed by atoms with Gasteiger partial charge in [0.1, 0.15) is 11.3 Å². The monoisotopic (exact) mass is 579 g/mol. The summed E-state index contributed by atoms with van der Waals surface area (Å²) >= 11 is 0. The van der Waals surface area contributed by atoms with E-state index in [1.54, 1.807) is 18.3 Å². The Labute approximate surface area is 245 Å². The predicted octanol–water partition coefficient (Wildman–Crippen LogP) is 1.64. The smallest absolute Gasteiger partial charge is 0.488 e. The summed E-state index contributed by atoms with van der Waals surface area (Å²) in [7, 11) is -1.82. The second kappa shape index (κ2) is 14.4. The van der Waals surface area contributed by atoms with Gasteiger partial charge >= 0.3 is 13.0 Å². The van der Waals surface area contributed by atoms with Gasteiger partial charge in [0.2, 0.25) is 0 Å². The third-order valence-corrected chi connectivity index (χ3v) is 5.88. The highest BCUT2D eigenvalue weighted by atomic mass is 16.4. The molecule has 43 heavy (non-hydrogen) atoms. The number of aromatic nitrogens is 1. The van der Waals surface area contributed by atoms with E-state index >= 15 is 0 Å². The molecule has 12 nitrogen and oxygen atoms in total. The van der Waals surface area contributed by atoms with Gasteiger partial charge in [-0.15, -0.1) is 0 Å². The number of amides is 2. The van der Waals surface area contributed by atoms with Crippen molar-refractivity contribution in [3.05, 3.63) is 99.2 Å². The fraction of sp³-hybridized carbons (Fsp3) is 0.133. The number of benzene rings is 2. The van der Waals surface area contributed by atoms with E-state index in [4.69, 9.17) is 4.42 Å². The van der Waals surface area contributed by atoms with Crippen molar-refractivity contribution in [1.82, 2.24) is 15.8 Å². The number of hydrogen-bond acceptors (Lipinski definition) is 10. The summed E-state index contributed by atoms with van der Waals surface area (Å²) in [6, 6.07) is 10.9. The van der Waals surface area contributed by atoms with Crippen LogP contribution in [0.3, 0.4) is 0 Å². The summed E-state index contributed by atoms with van der Waals surface area (Å²) in [5.41, 5.74) is 5.87. The minimum Gasteiger partial charge on any atom is -0.508 e. The van der Waals surface area contributed by atoms with Crippen LogP contribution in [-0.4, -0.2) is 51.5 Å². The maximum Gasteiger partial charge on any atom is 0.488 e. The first-order valence-corrected chi connectivity index (χ1v) is 13.1. The molecule has 0 bridgehead atoms. The number of carbonyl (C=O) groups is 2. The van der Waals surface area contributed by atoms with Crippen molar-refractivity contribution in [3.8, 4) is 17.6 Å². The number of phenolic OH excluding ortho intramolecular Hbond substituents is 1. The number of rotatable bonds is 9.